The lowest BCUT2D eigenvalue weighted by Crippen LogP contribution is -2.03. The molecule has 62 valence electrons. The summed E-state index contributed by atoms with van der Waals surface area (Å²) in [5.41, 5.74) is 1.08. The van der Waals surface area contributed by atoms with E-state index in [0.717, 1.165) is 5.54 Å². The molecule has 0 aliphatic carbocycles. The second-order valence-corrected chi connectivity index (χ2v) is 8.95. The normalized spacial score (nSPS) is 15.9. The van der Waals surface area contributed by atoms with Crippen LogP contribution in [0.3, 0.4) is 0 Å². The van der Waals surface area contributed by atoms with Gasteiger partial charge in [-0.05, 0) is 5.04 Å². The molecule has 0 radical (unpaired) electrons. The highest BCUT2D eigenvalue weighted by atomic mass is 28.1. The summed E-state index contributed by atoms with van der Waals surface area (Å²) in [5.74, 6) is 0. The van der Waals surface area contributed by atoms with Crippen LogP contribution in [0.1, 0.15) is 40.0 Å². The highest BCUT2D eigenvalue weighted by molar-refractivity contribution is 6.14. The van der Waals surface area contributed by atoms with Gasteiger partial charge < -0.3 is 0 Å². The first-order valence-corrected chi connectivity index (χ1v) is 6.61. The molecule has 0 aliphatic rings. The Bertz CT molecular complexity index is 83.7. The van der Waals surface area contributed by atoms with Crippen LogP contribution in [0.2, 0.25) is 10.6 Å². The predicted octanol–water partition coefficient (Wildman–Crippen LogP) is 0.894. The van der Waals surface area contributed by atoms with Crippen LogP contribution in [-0.4, -0.2) is 20.5 Å². The monoisotopic (exact) mass is 174 g/mol. The van der Waals surface area contributed by atoms with E-state index < -0.39 is 0 Å². The van der Waals surface area contributed by atoms with Gasteiger partial charge in [0.05, 0.1) is 0 Å². The molecule has 0 fully saturated rings. The Balaban J connectivity index is 3.36. The third kappa shape index (κ3) is 6.55. The number of hydrogen-bond donors (Lipinski definition) is 0. The molecule has 0 aromatic heterocycles. The van der Waals surface area contributed by atoms with Crippen molar-refractivity contribution in [2.45, 2.75) is 50.6 Å². The van der Waals surface area contributed by atoms with Crippen molar-refractivity contribution < 1.29 is 0 Å². The second kappa shape index (κ2) is 4.34. The van der Waals surface area contributed by atoms with Gasteiger partial charge in [0.2, 0.25) is 0 Å². The van der Waals surface area contributed by atoms with Gasteiger partial charge in [-0.3, -0.25) is 0 Å². The molecule has 0 amide bonds. The largest absolute Gasteiger partial charge is 0.0654 e. The van der Waals surface area contributed by atoms with Gasteiger partial charge in [-0.1, -0.05) is 45.6 Å². The molecule has 0 bridgehead atoms. The summed E-state index contributed by atoms with van der Waals surface area (Å²) in [4.78, 5) is 0. The van der Waals surface area contributed by atoms with Crippen LogP contribution in [0.25, 0.3) is 0 Å². The summed E-state index contributed by atoms with van der Waals surface area (Å²) < 4.78 is 0. The van der Waals surface area contributed by atoms with Crippen molar-refractivity contribution in [3.63, 3.8) is 0 Å². The predicted molar refractivity (Wildman–Crippen MR) is 57.2 cm³/mol. The Morgan fingerprint density at radius 3 is 2.20 bits per heavy atom. The van der Waals surface area contributed by atoms with Crippen LogP contribution in [0, 0.1) is 0 Å². The SMILES string of the molecule is CCC([SiH3])CCC(C)(C)[SiH3]. The van der Waals surface area contributed by atoms with Crippen LogP contribution in [0.5, 0.6) is 0 Å². The zero-order valence-corrected chi connectivity index (χ0v) is 12.2. The highest BCUT2D eigenvalue weighted by Gasteiger charge is 2.11. The van der Waals surface area contributed by atoms with Crippen molar-refractivity contribution in [3.8, 4) is 0 Å². The van der Waals surface area contributed by atoms with Crippen LogP contribution < -0.4 is 0 Å². The summed E-state index contributed by atoms with van der Waals surface area (Å²) in [6.45, 7) is 7.10. The average molecular weight is 174 g/mol. The molecular weight excluding hydrogens is 152 g/mol. The van der Waals surface area contributed by atoms with Gasteiger partial charge in [0.25, 0.3) is 0 Å². The minimum atomic E-state index is 0.692. The fourth-order valence-electron chi connectivity index (χ4n) is 0.884. The maximum Gasteiger partial charge on any atom is 0.00994 e. The van der Waals surface area contributed by atoms with Crippen molar-refractivity contribution in [3.05, 3.63) is 0 Å². The van der Waals surface area contributed by atoms with Gasteiger partial charge in [0, 0.05) is 20.5 Å². The lowest BCUT2D eigenvalue weighted by molar-refractivity contribution is 0.553. The van der Waals surface area contributed by atoms with Crippen LogP contribution >= 0.6 is 0 Å². The Morgan fingerprint density at radius 2 is 1.90 bits per heavy atom. The van der Waals surface area contributed by atoms with Crippen molar-refractivity contribution >= 4 is 20.5 Å². The molecule has 1 unspecified atom stereocenters. The molecule has 0 N–H and O–H groups in total. The van der Waals surface area contributed by atoms with Crippen molar-refractivity contribution in [1.29, 1.82) is 0 Å². The van der Waals surface area contributed by atoms with E-state index in [9.17, 15) is 0 Å². The molecule has 0 nitrogen and oxygen atoms in total. The van der Waals surface area contributed by atoms with E-state index in [1.54, 1.807) is 0 Å². The molecule has 2 heteroatoms. The third-order valence-electron chi connectivity index (χ3n) is 2.08. The molecule has 0 heterocycles. The lowest BCUT2D eigenvalue weighted by atomic mass is 10.0. The number of rotatable bonds is 4. The van der Waals surface area contributed by atoms with Gasteiger partial charge in [-0.25, -0.2) is 0 Å². The Kier molecular flexibility index (Phi) is 4.53. The third-order valence-corrected chi connectivity index (χ3v) is 3.98. The van der Waals surface area contributed by atoms with E-state index in [1.165, 1.54) is 39.7 Å². The van der Waals surface area contributed by atoms with E-state index >= 15 is 0 Å². The van der Waals surface area contributed by atoms with E-state index in [1.807, 2.05) is 0 Å². The summed E-state index contributed by atoms with van der Waals surface area (Å²) in [6.07, 6.45) is 4.35. The smallest absolute Gasteiger partial charge is 0.00994 e. The van der Waals surface area contributed by atoms with E-state index in [4.69, 9.17) is 0 Å². The molecule has 0 aromatic rings. The zero-order chi connectivity index (χ0) is 8.20. The van der Waals surface area contributed by atoms with Gasteiger partial charge in [-0.2, -0.15) is 0 Å². The minimum Gasteiger partial charge on any atom is -0.0654 e. The molecule has 10 heavy (non-hydrogen) atoms. The van der Waals surface area contributed by atoms with Crippen molar-refractivity contribution in [2.75, 3.05) is 0 Å². The molecule has 0 aliphatic heterocycles. The summed E-state index contributed by atoms with van der Waals surface area (Å²) >= 11 is 0. The van der Waals surface area contributed by atoms with Crippen molar-refractivity contribution in [2.24, 2.45) is 0 Å². The average Bonchev–Trinajstić information content (AvgIpc) is 1.81. The lowest BCUT2D eigenvalue weighted by Gasteiger charge is -2.19. The van der Waals surface area contributed by atoms with E-state index in [-0.39, 0.29) is 0 Å². The highest BCUT2D eigenvalue weighted by Crippen LogP contribution is 2.29. The maximum absolute atomic E-state index is 2.39. The standard InChI is InChI=1S/C8H22Si2/c1-4-7(9)5-6-8(2,3)10/h7H,4-6H2,1-3,9-10H3. The topological polar surface area (TPSA) is 0 Å². The van der Waals surface area contributed by atoms with Gasteiger partial charge in [-0.15, -0.1) is 0 Å². The van der Waals surface area contributed by atoms with E-state index in [2.05, 4.69) is 20.8 Å². The first kappa shape index (κ1) is 10.4. The minimum absolute atomic E-state index is 0.692. The van der Waals surface area contributed by atoms with Crippen LogP contribution in [0.15, 0.2) is 0 Å². The van der Waals surface area contributed by atoms with Gasteiger partial charge in [0.1, 0.15) is 0 Å². The molecule has 0 saturated carbocycles. The van der Waals surface area contributed by atoms with Gasteiger partial charge >= 0.3 is 0 Å². The summed E-state index contributed by atoms with van der Waals surface area (Å²) in [7, 11) is 2.75. The molecule has 0 rings (SSSR count). The van der Waals surface area contributed by atoms with Crippen LogP contribution in [-0.2, 0) is 0 Å². The Hall–Kier alpha value is 0.434. The molecule has 0 spiro atoms. The summed E-state index contributed by atoms with van der Waals surface area (Å²) in [6, 6.07) is 0. The quantitative estimate of drug-likeness (QED) is 0.556. The molecule has 1 atom stereocenters. The zero-order valence-electron chi connectivity index (χ0n) is 8.20. The molecule has 0 saturated heterocycles. The first-order valence-electron chi connectivity index (χ1n) is 4.45. The fraction of sp³-hybridized carbons (Fsp3) is 1.00. The maximum atomic E-state index is 2.39. The summed E-state index contributed by atoms with van der Waals surface area (Å²) in [5, 5.41) is 0.692. The molecular formula is C8H22Si2. The Labute approximate surface area is 71.6 Å². The van der Waals surface area contributed by atoms with E-state index in [0.29, 0.717) is 5.04 Å². The van der Waals surface area contributed by atoms with Crippen molar-refractivity contribution in [1.82, 2.24) is 0 Å². The second-order valence-electron chi connectivity index (χ2n) is 4.61. The number of hydrogen-bond acceptors (Lipinski definition) is 0. The van der Waals surface area contributed by atoms with Gasteiger partial charge in [0.15, 0.2) is 0 Å². The van der Waals surface area contributed by atoms with Crippen LogP contribution in [0.4, 0.5) is 0 Å². The molecule has 0 aromatic carbocycles. The first-order chi connectivity index (χ1) is 4.45. The fourth-order valence-corrected chi connectivity index (χ4v) is 1.46. The Morgan fingerprint density at radius 1 is 1.40 bits per heavy atom.